The normalized spacial score (nSPS) is 30.2. The van der Waals surface area contributed by atoms with Crippen LogP contribution in [0.2, 0.25) is 0 Å². The summed E-state index contributed by atoms with van der Waals surface area (Å²) in [5, 5.41) is 0. The van der Waals surface area contributed by atoms with Gasteiger partial charge in [0.15, 0.2) is 0 Å². The maximum atomic E-state index is 5.43. The van der Waals surface area contributed by atoms with Crippen molar-refractivity contribution in [3.8, 4) is 0 Å². The minimum Gasteiger partial charge on any atom is -0.370 e. The summed E-state index contributed by atoms with van der Waals surface area (Å²) in [4.78, 5) is 0. The van der Waals surface area contributed by atoms with Crippen molar-refractivity contribution in [3.05, 3.63) is 0 Å². The van der Waals surface area contributed by atoms with Crippen LogP contribution in [0, 0.1) is 5.92 Å². The van der Waals surface area contributed by atoms with Crippen molar-refractivity contribution < 1.29 is 4.74 Å². The van der Waals surface area contributed by atoms with Crippen molar-refractivity contribution in [2.24, 2.45) is 5.92 Å². The summed E-state index contributed by atoms with van der Waals surface area (Å²) in [6, 6.07) is 0. The number of unbranched alkanes of at least 4 members (excludes halogenated alkanes) is 1. The largest absolute Gasteiger partial charge is 0.370 e. The van der Waals surface area contributed by atoms with Gasteiger partial charge in [-0.1, -0.05) is 39.5 Å². The summed E-state index contributed by atoms with van der Waals surface area (Å²) < 4.78 is 5.43. The molecular weight excluding hydrogens is 148 g/mol. The van der Waals surface area contributed by atoms with Crippen molar-refractivity contribution in [2.45, 2.75) is 65.1 Å². The Morgan fingerprint density at radius 2 is 2.00 bits per heavy atom. The number of epoxide rings is 1. The smallest absolute Gasteiger partial charge is 0.0841 e. The van der Waals surface area contributed by atoms with E-state index in [9.17, 15) is 0 Å². The van der Waals surface area contributed by atoms with Gasteiger partial charge in [-0.05, 0) is 19.3 Å². The molecule has 1 fully saturated rings. The van der Waals surface area contributed by atoms with Crippen LogP contribution in [0.25, 0.3) is 0 Å². The fourth-order valence-corrected chi connectivity index (χ4v) is 1.79. The molecule has 0 amide bonds. The molecule has 1 aliphatic rings. The average molecular weight is 170 g/mol. The highest BCUT2D eigenvalue weighted by molar-refractivity contribution is 4.82. The predicted molar refractivity (Wildman–Crippen MR) is 52.3 cm³/mol. The summed E-state index contributed by atoms with van der Waals surface area (Å²) in [6.45, 7) is 6.74. The van der Waals surface area contributed by atoms with Gasteiger partial charge in [0.25, 0.3) is 0 Å². The quantitative estimate of drug-likeness (QED) is 0.557. The third-order valence-corrected chi connectivity index (χ3v) is 2.95. The van der Waals surface area contributed by atoms with Gasteiger partial charge in [-0.15, -0.1) is 0 Å². The predicted octanol–water partition coefficient (Wildman–Crippen LogP) is 3.38. The Bertz CT molecular complexity index is 122. The molecule has 0 aromatic heterocycles. The lowest BCUT2D eigenvalue weighted by Gasteiger charge is -2.11. The van der Waals surface area contributed by atoms with Crippen LogP contribution >= 0.6 is 0 Å². The zero-order valence-corrected chi connectivity index (χ0v) is 8.68. The molecule has 0 aromatic carbocycles. The lowest BCUT2D eigenvalue weighted by atomic mass is 9.94. The molecular formula is C11H22O. The molecule has 0 N–H and O–H groups in total. The first-order chi connectivity index (χ1) is 5.77. The van der Waals surface area contributed by atoms with Gasteiger partial charge in [0.2, 0.25) is 0 Å². The molecule has 12 heavy (non-hydrogen) atoms. The van der Waals surface area contributed by atoms with Crippen LogP contribution in [0.4, 0.5) is 0 Å². The summed E-state index contributed by atoms with van der Waals surface area (Å²) >= 11 is 0. The van der Waals surface area contributed by atoms with Gasteiger partial charge in [0.05, 0.1) is 12.2 Å². The molecule has 1 rings (SSSR count). The van der Waals surface area contributed by atoms with Gasteiger partial charge < -0.3 is 4.74 Å². The molecule has 72 valence electrons. The van der Waals surface area contributed by atoms with E-state index in [0.29, 0.717) is 12.2 Å². The Hall–Kier alpha value is -0.0400. The monoisotopic (exact) mass is 170 g/mol. The number of hydrogen-bond donors (Lipinski definition) is 0. The van der Waals surface area contributed by atoms with Crippen LogP contribution in [0.15, 0.2) is 0 Å². The van der Waals surface area contributed by atoms with Crippen molar-refractivity contribution >= 4 is 0 Å². The topological polar surface area (TPSA) is 12.5 Å². The second kappa shape index (κ2) is 4.86. The van der Waals surface area contributed by atoms with Crippen LogP contribution in [0.5, 0.6) is 0 Å². The van der Waals surface area contributed by atoms with Crippen molar-refractivity contribution in [1.82, 2.24) is 0 Å². The molecule has 1 heteroatoms. The van der Waals surface area contributed by atoms with Gasteiger partial charge in [-0.2, -0.15) is 0 Å². The molecule has 0 aromatic rings. The first-order valence-electron chi connectivity index (χ1n) is 5.43. The molecule has 0 aliphatic carbocycles. The third-order valence-electron chi connectivity index (χ3n) is 2.95. The second-order valence-electron chi connectivity index (χ2n) is 4.03. The Kier molecular flexibility index (Phi) is 4.07. The Labute approximate surface area is 76.5 Å². The number of hydrogen-bond acceptors (Lipinski definition) is 1. The van der Waals surface area contributed by atoms with Crippen molar-refractivity contribution in [3.63, 3.8) is 0 Å². The van der Waals surface area contributed by atoms with E-state index >= 15 is 0 Å². The fourth-order valence-electron chi connectivity index (χ4n) is 1.79. The molecule has 1 aliphatic heterocycles. The SMILES string of the molecule is CCCCC(CC)CC1OC1C. The first kappa shape index (κ1) is 10.0. The van der Waals surface area contributed by atoms with Crippen molar-refractivity contribution in [2.75, 3.05) is 0 Å². The van der Waals surface area contributed by atoms with Crippen LogP contribution in [0.1, 0.15) is 52.9 Å². The summed E-state index contributed by atoms with van der Waals surface area (Å²) in [6.07, 6.45) is 7.91. The molecule has 0 bridgehead atoms. The van der Waals surface area contributed by atoms with Gasteiger partial charge in [-0.25, -0.2) is 0 Å². The standard InChI is InChI=1S/C11H22O/c1-4-6-7-10(5-2)8-11-9(3)12-11/h9-11H,4-8H2,1-3H3. The van der Waals surface area contributed by atoms with E-state index in [1.54, 1.807) is 0 Å². The van der Waals surface area contributed by atoms with Gasteiger partial charge >= 0.3 is 0 Å². The van der Waals surface area contributed by atoms with Gasteiger partial charge in [0.1, 0.15) is 0 Å². The molecule has 1 saturated heterocycles. The highest BCUT2D eigenvalue weighted by Crippen LogP contribution is 2.31. The van der Waals surface area contributed by atoms with Crippen LogP contribution in [0.3, 0.4) is 0 Å². The maximum absolute atomic E-state index is 5.43. The van der Waals surface area contributed by atoms with E-state index in [4.69, 9.17) is 4.74 Å². The molecule has 1 nitrogen and oxygen atoms in total. The molecule has 0 spiro atoms. The Morgan fingerprint density at radius 3 is 2.42 bits per heavy atom. The van der Waals surface area contributed by atoms with E-state index in [-0.39, 0.29) is 0 Å². The molecule has 1 heterocycles. The zero-order chi connectivity index (χ0) is 8.97. The molecule has 0 radical (unpaired) electrons. The van der Waals surface area contributed by atoms with E-state index in [2.05, 4.69) is 20.8 Å². The van der Waals surface area contributed by atoms with Crippen LogP contribution in [-0.4, -0.2) is 12.2 Å². The third kappa shape index (κ3) is 3.14. The fraction of sp³-hybridized carbons (Fsp3) is 1.00. The van der Waals surface area contributed by atoms with Crippen LogP contribution in [-0.2, 0) is 4.74 Å². The zero-order valence-electron chi connectivity index (χ0n) is 8.68. The van der Waals surface area contributed by atoms with E-state index in [1.165, 1.54) is 32.1 Å². The summed E-state index contributed by atoms with van der Waals surface area (Å²) in [5.74, 6) is 0.917. The first-order valence-corrected chi connectivity index (χ1v) is 5.43. The number of ether oxygens (including phenoxy) is 1. The highest BCUT2D eigenvalue weighted by atomic mass is 16.6. The Morgan fingerprint density at radius 1 is 1.33 bits per heavy atom. The summed E-state index contributed by atoms with van der Waals surface area (Å²) in [5.41, 5.74) is 0. The molecule has 3 atom stereocenters. The second-order valence-corrected chi connectivity index (χ2v) is 4.03. The van der Waals surface area contributed by atoms with E-state index < -0.39 is 0 Å². The molecule has 0 saturated carbocycles. The number of rotatable bonds is 6. The minimum absolute atomic E-state index is 0.556. The van der Waals surface area contributed by atoms with E-state index in [0.717, 1.165) is 5.92 Å². The Balaban J connectivity index is 2.08. The lowest BCUT2D eigenvalue weighted by Crippen LogP contribution is -2.04. The summed E-state index contributed by atoms with van der Waals surface area (Å²) in [7, 11) is 0. The van der Waals surface area contributed by atoms with Gasteiger partial charge in [0, 0.05) is 0 Å². The maximum Gasteiger partial charge on any atom is 0.0841 e. The minimum atomic E-state index is 0.556. The average Bonchev–Trinajstić information content (AvgIpc) is 2.75. The van der Waals surface area contributed by atoms with Crippen LogP contribution < -0.4 is 0 Å². The van der Waals surface area contributed by atoms with Crippen molar-refractivity contribution in [1.29, 1.82) is 0 Å². The lowest BCUT2D eigenvalue weighted by molar-refractivity contribution is 0.323. The molecule has 3 unspecified atom stereocenters. The van der Waals surface area contributed by atoms with Gasteiger partial charge in [-0.3, -0.25) is 0 Å². The van der Waals surface area contributed by atoms with E-state index in [1.807, 2.05) is 0 Å². The highest BCUT2D eigenvalue weighted by Gasteiger charge is 2.35.